The Bertz CT molecular complexity index is 1060. The zero-order valence-electron chi connectivity index (χ0n) is 14.2. The first-order chi connectivity index (χ1) is 12.9. The molecule has 1 aromatic carbocycles. The molecule has 1 amide bonds. The molecule has 0 saturated heterocycles. The Balaban J connectivity index is 1.67. The number of nitrogens with one attached hydrogen (secondary N) is 1. The first-order valence-electron chi connectivity index (χ1n) is 8.24. The SMILES string of the molecule is CC(=O)c1ncc(-n2cc(-c3cc(C(=O)NC4CC4)c(F)cc3Cl)cn2)s1. The van der Waals surface area contributed by atoms with Crippen LogP contribution in [0.5, 0.6) is 0 Å². The maximum Gasteiger partial charge on any atom is 0.254 e. The van der Waals surface area contributed by atoms with Crippen LogP contribution in [0.15, 0.2) is 30.7 Å². The van der Waals surface area contributed by atoms with E-state index in [1.54, 1.807) is 23.3 Å². The van der Waals surface area contributed by atoms with E-state index in [0.717, 1.165) is 18.9 Å². The average molecular weight is 405 g/mol. The summed E-state index contributed by atoms with van der Waals surface area (Å²) in [4.78, 5) is 27.7. The summed E-state index contributed by atoms with van der Waals surface area (Å²) in [6.07, 6.45) is 6.64. The second kappa shape index (κ2) is 6.86. The molecule has 1 fully saturated rings. The van der Waals surface area contributed by atoms with Crippen LogP contribution < -0.4 is 5.32 Å². The molecule has 2 heterocycles. The predicted molar refractivity (Wildman–Crippen MR) is 100 cm³/mol. The van der Waals surface area contributed by atoms with Gasteiger partial charge in [-0.05, 0) is 25.0 Å². The molecule has 2 aromatic heterocycles. The summed E-state index contributed by atoms with van der Waals surface area (Å²) in [5, 5.41) is 8.26. The van der Waals surface area contributed by atoms with Gasteiger partial charge >= 0.3 is 0 Å². The van der Waals surface area contributed by atoms with Gasteiger partial charge in [-0.25, -0.2) is 14.1 Å². The van der Waals surface area contributed by atoms with Crippen LogP contribution in [0.4, 0.5) is 4.39 Å². The van der Waals surface area contributed by atoms with E-state index in [2.05, 4.69) is 15.4 Å². The highest BCUT2D eigenvalue weighted by atomic mass is 35.5. The van der Waals surface area contributed by atoms with Crippen LogP contribution in [0.3, 0.4) is 0 Å². The van der Waals surface area contributed by atoms with Crippen LogP contribution in [0, 0.1) is 5.82 Å². The molecule has 0 unspecified atom stereocenters. The van der Waals surface area contributed by atoms with E-state index in [1.807, 2.05) is 0 Å². The van der Waals surface area contributed by atoms with Gasteiger partial charge in [0.05, 0.1) is 23.0 Å². The van der Waals surface area contributed by atoms with Gasteiger partial charge in [-0.2, -0.15) is 5.10 Å². The first-order valence-corrected chi connectivity index (χ1v) is 9.44. The highest BCUT2D eigenvalue weighted by molar-refractivity contribution is 7.16. The Morgan fingerprint density at radius 2 is 2.11 bits per heavy atom. The number of ketones is 1. The number of carbonyl (C=O) groups is 2. The summed E-state index contributed by atoms with van der Waals surface area (Å²) in [5.41, 5.74) is 1.07. The third-order valence-electron chi connectivity index (χ3n) is 4.13. The molecule has 0 aliphatic heterocycles. The molecule has 0 atom stereocenters. The number of amides is 1. The molecule has 1 aliphatic carbocycles. The van der Waals surface area contributed by atoms with Crippen LogP contribution >= 0.6 is 22.9 Å². The van der Waals surface area contributed by atoms with Gasteiger partial charge in [-0.15, -0.1) is 0 Å². The molecule has 9 heteroatoms. The lowest BCUT2D eigenvalue weighted by atomic mass is 10.0. The van der Waals surface area contributed by atoms with Crippen molar-refractivity contribution in [3.8, 4) is 16.1 Å². The van der Waals surface area contributed by atoms with E-state index in [-0.39, 0.29) is 22.4 Å². The minimum Gasteiger partial charge on any atom is -0.349 e. The number of benzene rings is 1. The first kappa shape index (κ1) is 17.8. The Hall–Kier alpha value is -2.58. The predicted octanol–water partition coefficient (Wildman–Crippen LogP) is 3.88. The van der Waals surface area contributed by atoms with Gasteiger partial charge in [-0.1, -0.05) is 22.9 Å². The van der Waals surface area contributed by atoms with Gasteiger partial charge in [-0.3, -0.25) is 9.59 Å². The number of nitrogens with zero attached hydrogens (tertiary/aromatic N) is 3. The lowest BCUT2D eigenvalue weighted by Gasteiger charge is -2.08. The number of halogens is 2. The van der Waals surface area contributed by atoms with Gasteiger partial charge in [0.25, 0.3) is 5.91 Å². The van der Waals surface area contributed by atoms with Gasteiger partial charge in [0.2, 0.25) is 0 Å². The summed E-state index contributed by atoms with van der Waals surface area (Å²) in [6.45, 7) is 1.45. The standard InChI is InChI=1S/C18H14ClFN4O2S/c1-9(25)18-21-7-16(27-18)24-8-10(6-22-24)12-4-13(15(20)5-14(12)19)17(26)23-11-2-3-11/h4-8,11H,2-3H2,1H3,(H,23,26). The Morgan fingerprint density at radius 3 is 2.78 bits per heavy atom. The Labute approximate surface area is 163 Å². The molecule has 0 bridgehead atoms. The molecular formula is C18H14ClFN4O2S. The van der Waals surface area contributed by atoms with Crippen molar-refractivity contribution >= 4 is 34.6 Å². The maximum atomic E-state index is 14.2. The molecule has 138 valence electrons. The Kier molecular flexibility index (Phi) is 4.53. The number of aromatic nitrogens is 3. The molecule has 6 nitrogen and oxygen atoms in total. The molecular weight excluding hydrogens is 391 g/mol. The summed E-state index contributed by atoms with van der Waals surface area (Å²) in [5.74, 6) is -1.23. The molecule has 1 aliphatic rings. The van der Waals surface area contributed by atoms with Crippen molar-refractivity contribution in [1.82, 2.24) is 20.1 Å². The van der Waals surface area contributed by atoms with E-state index in [4.69, 9.17) is 11.6 Å². The third kappa shape index (κ3) is 3.63. The van der Waals surface area contributed by atoms with E-state index in [1.165, 1.54) is 24.3 Å². The van der Waals surface area contributed by atoms with E-state index in [9.17, 15) is 14.0 Å². The molecule has 0 spiro atoms. The quantitative estimate of drug-likeness (QED) is 0.654. The van der Waals surface area contributed by atoms with Crippen molar-refractivity contribution in [3.63, 3.8) is 0 Å². The third-order valence-corrected chi connectivity index (χ3v) is 5.53. The second-order valence-corrected chi connectivity index (χ2v) is 7.71. The van der Waals surface area contributed by atoms with Crippen LogP contribution in [0.2, 0.25) is 5.02 Å². The molecule has 3 aromatic rings. The topological polar surface area (TPSA) is 76.9 Å². The number of thiazole rings is 1. The Morgan fingerprint density at radius 1 is 1.33 bits per heavy atom. The average Bonchev–Trinajstić information content (AvgIpc) is 3.11. The van der Waals surface area contributed by atoms with E-state index < -0.39 is 11.7 Å². The van der Waals surface area contributed by atoms with Crippen LogP contribution in [0.25, 0.3) is 16.1 Å². The maximum absolute atomic E-state index is 14.2. The van der Waals surface area contributed by atoms with Gasteiger partial charge in [0.1, 0.15) is 10.8 Å². The smallest absolute Gasteiger partial charge is 0.254 e. The van der Waals surface area contributed by atoms with Crippen LogP contribution in [-0.4, -0.2) is 32.5 Å². The zero-order chi connectivity index (χ0) is 19.1. The minimum absolute atomic E-state index is 0.0503. The number of hydrogen-bond acceptors (Lipinski definition) is 5. The summed E-state index contributed by atoms with van der Waals surface area (Å²) in [7, 11) is 0. The molecule has 1 N–H and O–H groups in total. The van der Waals surface area contributed by atoms with Crippen molar-refractivity contribution < 1.29 is 14.0 Å². The fraction of sp³-hybridized carbons (Fsp3) is 0.222. The molecule has 1 saturated carbocycles. The fourth-order valence-electron chi connectivity index (χ4n) is 2.55. The number of carbonyl (C=O) groups excluding carboxylic acids is 2. The van der Waals surface area contributed by atoms with Crippen LogP contribution in [0.1, 0.15) is 39.9 Å². The lowest BCUT2D eigenvalue weighted by Crippen LogP contribution is -2.26. The minimum atomic E-state index is -0.664. The zero-order valence-corrected chi connectivity index (χ0v) is 15.8. The van der Waals surface area contributed by atoms with Crippen molar-refractivity contribution in [2.24, 2.45) is 0 Å². The van der Waals surface area contributed by atoms with Gasteiger partial charge in [0.15, 0.2) is 10.8 Å². The highest BCUT2D eigenvalue weighted by Crippen LogP contribution is 2.32. The van der Waals surface area contributed by atoms with E-state index in [0.29, 0.717) is 21.1 Å². The molecule has 27 heavy (non-hydrogen) atoms. The summed E-state index contributed by atoms with van der Waals surface area (Å²) in [6, 6.07) is 2.70. The second-order valence-electron chi connectivity index (χ2n) is 6.29. The number of Topliss-reactive ketones (excluding diaryl/α,β-unsaturated/α-hetero) is 1. The number of rotatable bonds is 5. The van der Waals surface area contributed by atoms with Gasteiger partial charge < -0.3 is 5.32 Å². The summed E-state index contributed by atoms with van der Waals surface area (Å²) >= 11 is 7.41. The van der Waals surface area contributed by atoms with Crippen molar-refractivity contribution in [2.75, 3.05) is 0 Å². The lowest BCUT2D eigenvalue weighted by molar-refractivity contribution is 0.0946. The highest BCUT2D eigenvalue weighted by Gasteiger charge is 2.26. The van der Waals surface area contributed by atoms with Crippen molar-refractivity contribution in [3.05, 3.63) is 52.1 Å². The van der Waals surface area contributed by atoms with Gasteiger partial charge in [0, 0.05) is 30.3 Å². The normalized spacial score (nSPS) is 13.6. The van der Waals surface area contributed by atoms with Crippen molar-refractivity contribution in [2.45, 2.75) is 25.8 Å². The fourth-order valence-corrected chi connectivity index (χ4v) is 3.56. The molecule has 4 rings (SSSR count). The van der Waals surface area contributed by atoms with E-state index >= 15 is 0 Å². The monoisotopic (exact) mass is 404 g/mol. The van der Waals surface area contributed by atoms with Crippen LogP contribution in [-0.2, 0) is 0 Å². The van der Waals surface area contributed by atoms with Crippen molar-refractivity contribution in [1.29, 1.82) is 0 Å². The summed E-state index contributed by atoms with van der Waals surface area (Å²) < 4.78 is 15.8. The largest absolute Gasteiger partial charge is 0.349 e. The number of hydrogen-bond donors (Lipinski definition) is 1. The molecule has 0 radical (unpaired) electrons.